The van der Waals surface area contributed by atoms with Crippen molar-refractivity contribution < 1.29 is 19.1 Å². The van der Waals surface area contributed by atoms with Gasteiger partial charge in [0.15, 0.2) is 12.7 Å². The zero-order valence-corrected chi connectivity index (χ0v) is 16.1. The van der Waals surface area contributed by atoms with Crippen molar-refractivity contribution in [2.45, 2.75) is 26.9 Å². The van der Waals surface area contributed by atoms with Crippen molar-refractivity contribution in [3.05, 3.63) is 57.6 Å². The summed E-state index contributed by atoms with van der Waals surface area (Å²) in [6.07, 6.45) is -0.867. The maximum atomic E-state index is 12.0. The number of nitrogens with one attached hydrogen (secondary N) is 1. The molecule has 0 spiro atoms. The Kier molecular flexibility index (Phi) is 6.89. The first-order chi connectivity index (χ1) is 12.3. The van der Waals surface area contributed by atoms with Gasteiger partial charge in [0.05, 0.1) is 10.7 Å². The van der Waals surface area contributed by atoms with Gasteiger partial charge in [0.25, 0.3) is 5.91 Å². The molecule has 0 bridgehead atoms. The molecule has 2 aromatic rings. The number of anilines is 1. The number of hydrogen-bond acceptors (Lipinski definition) is 4. The number of carbonyl (C=O) groups excluding carboxylic acids is 2. The number of amides is 1. The second-order valence-corrected chi connectivity index (χ2v) is 6.65. The minimum atomic E-state index is -0.867. The Hall–Kier alpha value is -2.24. The van der Waals surface area contributed by atoms with Crippen LogP contribution < -0.4 is 10.1 Å². The fourth-order valence-electron chi connectivity index (χ4n) is 2.27. The van der Waals surface area contributed by atoms with Crippen LogP contribution >= 0.6 is 23.2 Å². The second-order valence-electron chi connectivity index (χ2n) is 5.81. The lowest BCUT2D eigenvalue weighted by Gasteiger charge is -2.15. The van der Waals surface area contributed by atoms with Gasteiger partial charge in [-0.15, -0.1) is 0 Å². The third-order valence-electron chi connectivity index (χ3n) is 3.50. The minimum absolute atomic E-state index is 0.432. The number of ether oxygens (including phenoxy) is 2. The molecule has 0 saturated heterocycles. The average Bonchev–Trinajstić information content (AvgIpc) is 2.57. The van der Waals surface area contributed by atoms with E-state index in [0.717, 1.165) is 11.1 Å². The van der Waals surface area contributed by atoms with Crippen molar-refractivity contribution in [2.75, 3.05) is 11.9 Å². The Labute approximate surface area is 162 Å². The zero-order chi connectivity index (χ0) is 19.3. The Balaban J connectivity index is 1.86. The van der Waals surface area contributed by atoms with Gasteiger partial charge in [-0.2, -0.15) is 0 Å². The maximum absolute atomic E-state index is 12.0. The summed E-state index contributed by atoms with van der Waals surface area (Å²) in [5, 5.41) is 3.65. The molecular formula is C19H19Cl2NO4. The maximum Gasteiger partial charge on any atom is 0.347 e. The van der Waals surface area contributed by atoms with E-state index in [2.05, 4.69) is 5.32 Å². The van der Waals surface area contributed by atoms with Gasteiger partial charge >= 0.3 is 5.97 Å². The smallest absolute Gasteiger partial charge is 0.347 e. The minimum Gasteiger partial charge on any atom is -0.479 e. The van der Waals surface area contributed by atoms with Crippen LogP contribution in [-0.2, 0) is 14.3 Å². The second kappa shape index (κ2) is 8.92. The summed E-state index contributed by atoms with van der Waals surface area (Å²) in [6.45, 7) is 4.85. The van der Waals surface area contributed by atoms with E-state index in [1.807, 2.05) is 19.9 Å². The van der Waals surface area contributed by atoms with Gasteiger partial charge in [-0.3, -0.25) is 4.79 Å². The molecule has 0 radical (unpaired) electrons. The fraction of sp³-hybridized carbons (Fsp3) is 0.263. The first kappa shape index (κ1) is 20.1. The standard InChI is InChI=1S/C19H19Cl2NO4/c1-11-8-12(2)18(16(21)9-11)22-17(23)10-25-19(24)13(3)26-15-6-4-14(20)5-7-15/h4-9,13H,10H2,1-3H3,(H,22,23)/t13-/m0/s1. The highest BCUT2D eigenvalue weighted by Crippen LogP contribution is 2.27. The number of halogens is 2. The van der Waals surface area contributed by atoms with Gasteiger partial charge in [0.1, 0.15) is 5.75 Å². The molecule has 2 rings (SSSR count). The lowest BCUT2D eigenvalue weighted by atomic mass is 10.1. The van der Waals surface area contributed by atoms with Crippen LogP contribution in [0.1, 0.15) is 18.1 Å². The fourth-order valence-corrected chi connectivity index (χ4v) is 2.76. The van der Waals surface area contributed by atoms with Gasteiger partial charge < -0.3 is 14.8 Å². The third-order valence-corrected chi connectivity index (χ3v) is 4.05. The van der Waals surface area contributed by atoms with Gasteiger partial charge in [0, 0.05) is 5.02 Å². The summed E-state index contributed by atoms with van der Waals surface area (Å²) >= 11 is 11.9. The Morgan fingerprint density at radius 2 is 1.77 bits per heavy atom. The molecule has 5 nitrogen and oxygen atoms in total. The van der Waals surface area contributed by atoms with Crippen LogP contribution in [-0.4, -0.2) is 24.6 Å². The van der Waals surface area contributed by atoms with Gasteiger partial charge in [-0.05, 0) is 62.2 Å². The van der Waals surface area contributed by atoms with Crippen molar-refractivity contribution in [1.82, 2.24) is 0 Å². The van der Waals surface area contributed by atoms with Crippen molar-refractivity contribution >= 4 is 40.8 Å². The molecule has 1 atom stereocenters. The molecule has 0 aliphatic rings. The van der Waals surface area contributed by atoms with Crippen molar-refractivity contribution in [3.63, 3.8) is 0 Å². The molecule has 0 unspecified atom stereocenters. The number of esters is 1. The van der Waals surface area contributed by atoms with Crippen LogP contribution in [0.15, 0.2) is 36.4 Å². The van der Waals surface area contributed by atoms with Crippen LogP contribution in [0.3, 0.4) is 0 Å². The molecule has 1 N–H and O–H groups in total. The van der Waals surface area contributed by atoms with Gasteiger partial charge in [-0.25, -0.2) is 4.79 Å². The van der Waals surface area contributed by atoms with E-state index in [0.29, 0.717) is 21.5 Å². The highest BCUT2D eigenvalue weighted by molar-refractivity contribution is 6.34. The molecule has 0 fully saturated rings. The lowest BCUT2D eigenvalue weighted by molar-refractivity contribution is -0.153. The van der Waals surface area contributed by atoms with Gasteiger partial charge in [0.2, 0.25) is 0 Å². The lowest BCUT2D eigenvalue weighted by Crippen LogP contribution is -2.29. The highest BCUT2D eigenvalue weighted by atomic mass is 35.5. The average molecular weight is 396 g/mol. The molecule has 138 valence electrons. The number of hydrogen-bond donors (Lipinski definition) is 1. The Bertz CT molecular complexity index is 783. The highest BCUT2D eigenvalue weighted by Gasteiger charge is 2.18. The van der Waals surface area contributed by atoms with E-state index in [1.54, 1.807) is 30.3 Å². The monoisotopic (exact) mass is 395 g/mol. The van der Waals surface area contributed by atoms with Crippen LogP contribution in [0.5, 0.6) is 5.75 Å². The van der Waals surface area contributed by atoms with Crippen LogP contribution in [0.4, 0.5) is 5.69 Å². The Morgan fingerprint density at radius 3 is 2.38 bits per heavy atom. The first-order valence-corrected chi connectivity index (χ1v) is 8.67. The third kappa shape index (κ3) is 5.64. The number of carbonyl (C=O) groups is 2. The SMILES string of the molecule is Cc1cc(C)c(NC(=O)COC(=O)[C@H](C)Oc2ccc(Cl)cc2)c(Cl)c1. The summed E-state index contributed by atoms with van der Waals surface area (Å²) in [7, 11) is 0. The quantitative estimate of drug-likeness (QED) is 0.728. The van der Waals surface area contributed by atoms with E-state index in [1.165, 1.54) is 6.92 Å². The van der Waals surface area contributed by atoms with E-state index in [-0.39, 0.29) is 0 Å². The summed E-state index contributed by atoms with van der Waals surface area (Å²) in [5.74, 6) is -0.655. The normalized spacial score (nSPS) is 11.6. The summed E-state index contributed by atoms with van der Waals surface area (Å²) in [5.41, 5.74) is 2.32. The molecule has 0 aliphatic carbocycles. The predicted molar refractivity (Wildman–Crippen MR) is 102 cm³/mol. The van der Waals surface area contributed by atoms with E-state index in [9.17, 15) is 9.59 Å². The molecular weight excluding hydrogens is 377 g/mol. The van der Waals surface area contributed by atoms with E-state index < -0.39 is 24.6 Å². The van der Waals surface area contributed by atoms with Gasteiger partial charge in [-0.1, -0.05) is 29.3 Å². The molecule has 0 heterocycles. The largest absolute Gasteiger partial charge is 0.479 e. The molecule has 0 aromatic heterocycles. The van der Waals surface area contributed by atoms with Crippen LogP contribution in [0.25, 0.3) is 0 Å². The van der Waals surface area contributed by atoms with Crippen molar-refractivity contribution in [2.24, 2.45) is 0 Å². The Morgan fingerprint density at radius 1 is 1.12 bits per heavy atom. The van der Waals surface area contributed by atoms with Crippen molar-refractivity contribution in [1.29, 1.82) is 0 Å². The molecule has 0 saturated carbocycles. The summed E-state index contributed by atoms with van der Waals surface area (Å²) in [6, 6.07) is 10.2. The first-order valence-electron chi connectivity index (χ1n) is 7.91. The molecule has 7 heteroatoms. The number of rotatable bonds is 6. The summed E-state index contributed by atoms with van der Waals surface area (Å²) in [4.78, 5) is 24.0. The molecule has 2 aromatic carbocycles. The predicted octanol–water partition coefficient (Wildman–Crippen LogP) is 4.56. The summed E-state index contributed by atoms with van der Waals surface area (Å²) < 4.78 is 10.4. The number of aryl methyl sites for hydroxylation is 2. The molecule has 1 amide bonds. The van der Waals surface area contributed by atoms with Crippen LogP contribution in [0.2, 0.25) is 10.0 Å². The van der Waals surface area contributed by atoms with E-state index in [4.69, 9.17) is 32.7 Å². The van der Waals surface area contributed by atoms with E-state index >= 15 is 0 Å². The van der Waals surface area contributed by atoms with Crippen molar-refractivity contribution in [3.8, 4) is 5.75 Å². The number of benzene rings is 2. The molecule has 26 heavy (non-hydrogen) atoms. The topological polar surface area (TPSA) is 64.6 Å². The molecule has 0 aliphatic heterocycles. The van der Waals surface area contributed by atoms with Crippen LogP contribution in [0, 0.1) is 13.8 Å². The zero-order valence-electron chi connectivity index (χ0n) is 14.6.